The zero-order chi connectivity index (χ0) is 21.7. The molecule has 1 atom stereocenters. The van der Waals surface area contributed by atoms with Crippen LogP contribution in [0.25, 0.3) is 11.4 Å². The van der Waals surface area contributed by atoms with Gasteiger partial charge in [0.1, 0.15) is 12.4 Å². The first-order valence-corrected chi connectivity index (χ1v) is 10.1. The number of halogens is 1. The van der Waals surface area contributed by atoms with E-state index in [4.69, 9.17) is 11.6 Å². The van der Waals surface area contributed by atoms with Crippen LogP contribution in [-0.4, -0.2) is 27.2 Å². The highest BCUT2D eigenvalue weighted by Crippen LogP contribution is 2.21. The van der Waals surface area contributed by atoms with Gasteiger partial charge in [0.2, 0.25) is 5.91 Å². The Labute approximate surface area is 180 Å². The lowest BCUT2D eigenvalue weighted by Gasteiger charge is -2.18. The van der Waals surface area contributed by atoms with Gasteiger partial charge in [-0.25, -0.2) is 4.98 Å². The number of carbonyl (C=O) groups excluding carboxylic acids is 1. The average Bonchev–Trinajstić information content (AvgIpc) is 2.73. The molecule has 2 N–H and O–H groups in total. The number of hydrogen-bond donors (Lipinski definition) is 2. The second-order valence-corrected chi connectivity index (χ2v) is 7.51. The molecular weight excluding hydrogens is 402 g/mol. The summed E-state index contributed by atoms with van der Waals surface area (Å²) in [6, 6.07) is 16.4. The Morgan fingerprint density at radius 3 is 2.60 bits per heavy atom. The summed E-state index contributed by atoms with van der Waals surface area (Å²) in [7, 11) is 0. The number of nitrogens with one attached hydrogen (secondary N) is 1. The highest BCUT2D eigenvalue weighted by molar-refractivity contribution is 6.30. The van der Waals surface area contributed by atoms with Gasteiger partial charge in [-0.15, -0.1) is 0 Å². The Morgan fingerprint density at radius 2 is 1.93 bits per heavy atom. The number of aryl methyl sites for hydroxylation is 1. The third-order valence-electron chi connectivity index (χ3n) is 4.89. The second-order valence-electron chi connectivity index (χ2n) is 7.07. The van der Waals surface area contributed by atoms with Crippen LogP contribution in [0.5, 0.6) is 0 Å². The highest BCUT2D eigenvalue weighted by atomic mass is 35.5. The van der Waals surface area contributed by atoms with Gasteiger partial charge in [-0.05, 0) is 31.5 Å². The van der Waals surface area contributed by atoms with E-state index in [2.05, 4.69) is 10.3 Å². The predicted octanol–water partition coefficient (Wildman–Crippen LogP) is 3.28. The van der Waals surface area contributed by atoms with Gasteiger partial charge in [-0.2, -0.15) is 0 Å². The first-order chi connectivity index (χ1) is 14.4. The van der Waals surface area contributed by atoms with Gasteiger partial charge >= 0.3 is 0 Å². The van der Waals surface area contributed by atoms with E-state index in [9.17, 15) is 14.7 Å². The van der Waals surface area contributed by atoms with Crippen molar-refractivity contribution in [2.75, 3.05) is 6.61 Å². The number of rotatable bonds is 7. The fourth-order valence-corrected chi connectivity index (χ4v) is 3.54. The van der Waals surface area contributed by atoms with Crippen molar-refractivity contribution in [3.05, 3.63) is 86.8 Å². The van der Waals surface area contributed by atoms with Crippen LogP contribution < -0.4 is 10.9 Å². The number of aliphatic hydroxyl groups is 1. The zero-order valence-electron chi connectivity index (χ0n) is 16.9. The zero-order valence-corrected chi connectivity index (χ0v) is 17.7. The molecular formula is C23H24ClN3O3. The number of benzene rings is 2. The monoisotopic (exact) mass is 425 g/mol. The molecule has 0 saturated carbocycles. The molecule has 1 heterocycles. The summed E-state index contributed by atoms with van der Waals surface area (Å²) in [5.41, 5.74) is 2.19. The first-order valence-electron chi connectivity index (χ1n) is 9.72. The summed E-state index contributed by atoms with van der Waals surface area (Å²) < 4.78 is 1.34. The SMILES string of the molecule is Cc1nc(-c2cccc(Cl)c2)n(CC(=O)NC(C)c2ccccc2)c(=O)c1CCO. The number of amides is 1. The third kappa shape index (κ3) is 4.96. The van der Waals surface area contributed by atoms with Crippen LogP contribution >= 0.6 is 11.6 Å². The van der Waals surface area contributed by atoms with Crippen LogP contribution in [0.1, 0.15) is 29.8 Å². The summed E-state index contributed by atoms with van der Waals surface area (Å²) in [5, 5.41) is 12.8. The summed E-state index contributed by atoms with van der Waals surface area (Å²) in [6.07, 6.45) is 0.176. The van der Waals surface area contributed by atoms with E-state index in [1.165, 1.54) is 4.57 Å². The molecule has 1 aromatic heterocycles. The molecule has 7 heteroatoms. The van der Waals surface area contributed by atoms with Crippen LogP contribution in [-0.2, 0) is 17.8 Å². The summed E-state index contributed by atoms with van der Waals surface area (Å²) in [6.45, 7) is 3.25. The number of carbonyl (C=O) groups is 1. The molecule has 6 nitrogen and oxygen atoms in total. The van der Waals surface area contributed by atoms with Crippen LogP contribution in [0.3, 0.4) is 0 Å². The lowest BCUT2D eigenvalue weighted by Crippen LogP contribution is -2.36. The number of hydrogen-bond acceptors (Lipinski definition) is 4. The van der Waals surface area contributed by atoms with Crippen molar-refractivity contribution in [1.82, 2.24) is 14.9 Å². The third-order valence-corrected chi connectivity index (χ3v) is 5.13. The maximum Gasteiger partial charge on any atom is 0.257 e. The Kier molecular flexibility index (Phi) is 7.03. The lowest BCUT2D eigenvalue weighted by molar-refractivity contribution is -0.122. The number of nitrogens with zero attached hydrogens (tertiary/aromatic N) is 2. The maximum atomic E-state index is 13.1. The predicted molar refractivity (Wildman–Crippen MR) is 117 cm³/mol. The second kappa shape index (κ2) is 9.69. The number of aromatic nitrogens is 2. The van der Waals surface area contributed by atoms with Crippen molar-refractivity contribution in [1.29, 1.82) is 0 Å². The molecule has 0 saturated heterocycles. The van der Waals surface area contributed by atoms with Crippen molar-refractivity contribution >= 4 is 17.5 Å². The molecule has 0 radical (unpaired) electrons. The van der Waals surface area contributed by atoms with Crippen LogP contribution in [0.15, 0.2) is 59.4 Å². The Hall–Kier alpha value is -2.96. The van der Waals surface area contributed by atoms with Gasteiger partial charge < -0.3 is 10.4 Å². The van der Waals surface area contributed by atoms with E-state index in [1.807, 2.05) is 37.3 Å². The minimum atomic E-state index is -0.339. The molecule has 30 heavy (non-hydrogen) atoms. The van der Waals surface area contributed by atoms with E-state index < -0.39 is 0 Å². The van der Waals surface area contributed by atoms with Gasteiger partial charge in [-0.1, -0.05) is 54.1 Å². The van der Waals surface area contributed by atoms with Crippen molar-refractivity contribution in [3.8, 4) is 11.4 Å². The van der Waals surface area contributed by atoms with E-state index in [1.54, 1.807) is 31.2 Å². The van der Waals surface area contributed by atoms with Gasteiger partial charge in [0.05, 0.1) is 6.04 Å². The van der Waals surface area contributed by atoms with Crippen LogP contribution in [0.4, 0.5) is 0 Å². The van der Waals surface area contributed by atoms with Gasteiger partial charge in [-0.3, -0.25) is 14.2 Å². The van der Waals surface area contributed by atoms with Crippen molar-refractivity contribution in [2.24, 2.45) is 0 Å². The molecule has 0 spiro atoms. The molecule has 156 valence electrons. The largest absolute Gasteiger partial charge is 0.396 e. The fourth-order valence-electron chi connectivity index (χ4n) is 3.35. The van der Waals surface area contributed by atoms with E-state index in [-0.39, 0.29) is 37.1 Å². The van der Waals surface area contributed by atoms with Gasteiger partial charge in [0, 0.05) is 34.9 Å². The normalized spacial score (nSPS) is 11.9. The topological polar surface area (TPSA) is 84.2 Å². The smallest absolute Gasteiger partial charge is 0.257 e. The Morgan fingerprint density at radius 1 is 1.20 bits per heavy atom. The first kappa shape index (κ1) is 21.7. The Bertz CT molecular complexity index is 1100. The van der Waals surface area contributed by atoms with E-state index in [0.717, 1.165) is 5.56 Å². The molecule has 1 amide bonds. The molecule has 3 rings (SSSR count). The quantitative estimate of drug-likeness (QED) is 0.608. The van der Waals surface area contributed by atoms with Crippen LogP contribution in [0.2, 0.25) is 5.02 Å². The fraction of sp³-hybridized carbons (Fsp3) is 0.261. The number of aliphatic hydroxyl groups excluding tert-OH is 1. The van der Waals surface area contributed by atoms with Crippen molar-refractivity contribution < 1.29 is 9.90 Å². The molecule has 0 aliphatic heterocycles. The molecule has 0 aliphatic rings. The van der Waals surface area contributed by atoms with Crippen molar-refractivity contribution in [3.63, 3.8) is 0 Å². The summed E-state index contributed by atoms with van der Waals surface area (Å²) in [5.74, 6) is 0.0570. The molecule has 0 aliphatic carbocycles. The van der Waals surface area contributed by atoms with Crippen molar-refractivity contribution in [2.45, 2.75) is 32.9 Å². The lowest BCUT2D eigenvalue weighted by atomic mass is 10.1. The molecule has 0 fully saturated rings. The highest BCUT2D eigenvalue weighted by Gasteiger charge is 2.19. The summed E-state index contributed by atoms with van der Waals surface area (Å²) >= 11 is 6.12. The minimum Gasteiger partial charge on any atom is -0.396 e. The maximum absolute atomic E-state index is 13.1. The standard InChI is InChI=1S/C23H24ClN3O3/c1-15(17-7-4-3-5-8-17)25-21(29)14-27-22(18-9-6-10-19(24)13-18)26-16(2)20(11-12-28)23(27)30/h3-10,13,15,28H,11-12,14H2,1-2H3,(H,25,29). The average molecular weight is 426 g/mol. The molecule has 1 unspecified atom stereocenters. The Balaban J connectivity index is 1.98. The molecule has 2 aromatic carbocycles. The summed E-state index contributed by atoms with van der Waals surface area (Å²) in [4.78, 5) is 30.5. The minimum absolute atomic E-state index is 0.175. The van der Waals surface area contributed by atoms with Gasteiger partial charge in [0.25, 0.3) is 5.56 Å². The van der Waals surface area contributed by atoms with Crippen LogP contribution in [0, 0.1) is 6.92 Å². The van der Waals surface area contributed by atoms with E-state index >= 15 is 0 Å². The van der Waals surface area contributed by atoms with E-state index in [0.29, 0.717) is 27.7 Å². The van der Waals surface area contributed by atoms with Gasteiger partial charge in [0.15, 0.2) is 0 Å². The molecule has 0 bridgehead atoms. The molecule has 3 aromatic rings.